The fourth-order valence-corrected chi connectivity index (χ4v) is 4.08. The molecule has 0 N–H and O–H groups in total. The van der Waals surface area contributed by atoms with Gasteiger partial charge in [-0.3, -0.25) is 9.10 Å². The van der Waals surface area contributed by atoms with Crippen molar-refractivity contribution in [2.24, 2.45) is 5.92 Å². The number of hydrogen-bond donors (Lipinski definition) is 0. The van der Waals surface area contributed by atoms with Crippen LogP contribution in [0.15, 0.2) is 18.2 Å². The highest BCUT2D eigenvalue weighted by atomic mass is 32.2. The number of benzene rings is 1. The molecule has 1 aliphatic heterocycles. The average molecular weight is 360 g/mol. The van der Waals surface area contributed by atoms with E-state index in [1.165, 1.54) is 6.92 Å². The van der Waals surface area contributed by atoms with E-state index in [9.17, 15) is 22.0 Å². The van der Waals surface area contributed by atoms with Gasteiger partial charge in [0.25, 0.3) is 0 Å². The van der Waals surface area contributed by atoms with Crippen molar-refractivity contribution < 1.29 is 22.0 Å². The molecule has 1 saturated heterocycles. The second kappa shape index (κ2) is 7.04. The van der Waals surface area contributed by atoms with Crippen molar-refractivity contribution in [3.63, 3.8) is 0 Å². The number of hydrogen-bond acceptors (Lipinski definition) is 3. The van der Waals surface area contributed by atoms with Crippen molar-refractivity contribution in [2.45, 2.75) is 32.7 Å². The molecule has 1 aliphatic rings. The van der Waals surface area contributed by atoms with Crippen LogP contribution < -0.4 is 4.31 Å². The number of rotatable bonds is 4. The highest BCUT2D eigenvalue weighted by Crippen LogP contribution is 2.25. The van der Waals surface area contributed by atoms with Crippen LogP contribution >= 0.6 is 0 Å². The minimum absolute atomic E-state index is 0.0670. The van der Waals surface area contributed by atoms with Crippen molar-refractivity contribution in [2.75, 3.05) is 23.7 Å². The lowest BCUT2D eigenvalue weighted by Crippen LogP contribution is -2.51. The van der Waals surface area contributed by atoms with E-state index in [0.717, 1.165) is 41.6 Å². The normalized spacial score (nSPS) is 17.6. The maximum absolute atomic E-state index is 13.5. The summed E-state index contributed by atoms with van der Waals surface area (Å²) in [6, 6.07) is 1.76. The Morgan fingerprint density at radius 1 is 1.25 bits per heavy atom. The average Bonchev–Trinajstić information content (AvgIpc) is 2.49. The molecule has 1 aromatic carbocycles. The molecule has 1 atom stereocenters. The second-order valence-corrected chi connectivity index (χ2v) is 8.20. The highest BCUT2D eigenvalue weighted by molar-refractivity contribution is 7.92. The van der Waals surface area contributed by atoms with Crippen LogP contribution in [0.4, 0.5) is 14.5 Å². The van der Waals surface area contributed by atoms with Crippen LogP contribution in [-0.4, -0.2) is 44.6 Å². The van der Waals surface area contributed by atoms with Gasteiger partial charge in [0.2, 0.25) is 15.9 Å². The first kappa shape index (κ1) is 18.6. The van der Waals surface area contributed by atoms with E-state index < -0.39 is 27.7 Å². The molecule has 1 unspecified atom stereocenters. The monoisotopic (exact) mass is 360 g/mol. The molecule has 1 heterocycles. The zero-order valence-electron chi connectivity index (χ0n) is 14.0. The van der Waals surface area contributed by atoms with Crippen LogP contribution in [0.1, 0.15) is 26.7 Å². The summed E-state index contributed by atoms with van der Waals surface area (Å²) < 4.78 is 51.8. The Morgan fingerprint density at radius 3 is 2.33 bits per heavy atom. The van der Waals surface area contributed by atoms with Crippen LogP contribution in [-0.2, 0) is 14.8 Å². The van der Waals surface area contributed by atoms with Crippen LogP contribution in [0.25, 0.3) is 0 Å². The molecular weight excluding hydrogens is 338 g/mol. The minimum Gasteiger partial charge on any atom is -0.341 e. The van der Waals surface area contributed by atoms with Gasteiger partial charge in [-0.15, -0.1) is 0 Å². The van der Waals surface area contributed by atoms with Gasteiger partial charge < -0.3 is 4.90 Å². The van der Waals surface area contributed by atoms with Gasteiger partial charge in [0, 0.05) is 19.2 Å². The fourth-order valence-electron chi connectivity index (χ4n) is 2.92. The Balaban J connectivity index is 2.30. The lowest BCUT2D eigenvalue weighted by molar-refractivity contribution is -0.133. The predicted octanol–water partition coefficient (Wildman–Crippen LogP) is 2.38. The molecule has 5 nitrogen and oxygen atoms in total. The first-order chi connectivity index (χ1) is 11.1. The van der Waals surface area contributed by atoms with Gasteiger partial charge in [-0.05, 0) is 37.8 Å². The van der Waals surface area contributed by atoms with E-state index in [1.54, 1.807) is 4.90 Å². The van der Waals surface area contributed by atoms with Gasteiger partial charge in [0.05, 0.1) is 11.9 Å². The molecule has 0 spiro atoms. The van der Waals surface area contributed by atoms with Crippen molar-refractivity contribution >= 4 is 21.6 Å². The highest BCUT2D eigenvalue weighted by Gasteiger charge is 2.33. The van der Waals surface area contributed by atoms with E-state index in [2.05, 4.69) is 6.92 Å². The lowest BCUT2D eigenvalue weighted by Gasteiger charge is -2.35. The molecule has 0 radical (unpaired) electrons. The van der Waals surface area contributed by atoms with E-state index in [1.807, 2.05) is 0 Å². The third-order valence-corrected chi connectivity index (χ3v) is 5.56. The largest absolute Gasteiger partial charge is 0.341 e. The van der Waals surface area contributed by atoms with E-state index in [-0.39, 0.29) is 11.6 Å². The Bertz CT molecular complexity index is 716. The molecule has 0 aliphatic carbocycles. The standard InChI is InChI=1S/C16H22F2N2O3S/c1-11-6-8-19(9-7-11)16(21)12(2)20(24(3,22)23)13-4-5-14(17)15(18)10-13/h4-5,10-12H,6-9H2,1-3H3. The summed E-state index contributed by atoms with van der Waals surface area (Å²) in [5, 5.41) is 0. The zero-order chi connectivity index (χ0) is 18.1. The van der Waals surface area contributed by atoms with Crippen LogP contribution in [0, 0.1) is 17.6 Å². The Kier molecular flexibility index (Phi) is 5.47. The molecule has 1 amide bonds. The third kappa shape index (κ3) is 4.03. The van der Waals surface area contributed by atoms with Gasteiger partial charge in [-0.2, -0.15) is 0 Å². The molecule has 1 fully saturated rings. The van der Waals surface area contributed by atoms with Gasteiger partial charge >= 0.3 is 0 Å². The number of amides is 1. The van der Waals surface area contributed by atoms with Crippen LogP contribution in [0.3, 0.4) is 0 Å². The molecule has 0 aromatic heterocycles. The zero-order valence-corrected chi connectivity index (χ0v) is 14.8. The predicted molar refractivity (Wildman–Crippen MR) is 88.1 cm³/mol. The molecule has 134 valence electrons. The fraction of sp³-hybridized carbons (Fsp3) is 0.562. The summed E-state index contributed by atoms with van der Waals surface area (Å²) in [5.74, 6) is -2.04. The first-order valence-electron chi connectivity index (χ1n) is 7.84. The van der Waals surface area contributed by atoms with Gasteiger partial charge in [-0.1, -0.05) is 6.92 Å². The van der Waals surface area contributed by atoms with Crippen molar-refractivity contribution in [1.82, 2.24) is 4.90 Å². The summed E-state index contributed by atoms with van der Waals surface area (Å²) in [6.07, 6.45) is 2.67. The summed E-state index contributed by atoms with van der Waals surface area (Å²) in [5.41, 5.74) is -0.0670. The number of carbonyl (C=O) groups is 1. The molecule has 2 rings (SSSR count). The third-order valence-electron chi connectivity index (χ3n) is 4.32. The number of carbonyl (C=O) groups excluding carboxylic acids is 1. The summed E-state index contributed by atoms with van der Waals surface area (Å²) in [7, 11) is -3.84. The summed E-state index contributed by atoms with van der Waals surface area (Å²) >= 11 is 0. The van der Waals surface area contributed by atoms with Gasteiger partial charge in [0.15, 0.2) is 11.6 Å². The molecule has 0 saturated carbocycles. The maximum atomic E-state index is 13.5. The van der Waals surface area contributed by atoms with Gasteiger partial charge in [-0.25, -0.2) is 17.2 Å². The first-order valence-corrected chi connectivity index (χ1v) is 9.69. The number of nitrogens with zero attached hydrogens (tertiary/aromatic N) is 2. The Hall–Kier alpha value is -1.70. The number of likely N-dealkylation sites (tertiary alicyclic amines) is 1. The van der Waals surface area contributed by atoms with E-state index in [0.29, 0.717) is 19.0 Å². The summed E-state index contributed by atoms with van der Waals surface area (Å²) in [6.45, 7) is 4.71. The number of sulfonamides is 1. The Labute approximate surface area is 141 Å². The molecule has 0 bridgehead atoms. The number of halogens is 2. The van der Waals surface area contributed by atoms with Crippen molar-refractivity contribution in [3.8, 4) is 0 Å². The Morgan fingerprint density at radius 2 is 1.83 bits per heavy atom. The molecular formula is C16H22F2N2O3S. The topological polar surface area (TPSA) is 57.7 Å². The van der Waals surface area contributed by atoms with Gasteiger partial charge in [0.1, 0.15) is 6.04 Å². The van der Waals surface area contributed by atoms with E-state index >= 15 is 0 Å². The van der Waals surface area contributed by atoms with E-state index in [4.69, 9.17) is 0 Å². The van der Waals surface area contributed by atoms with Crippen LogP contribution in [0.5, 0.6) is 0 Å². The van der Waals surface area contributed by atoms with Crippen LogP contribution in [0.2, 0.25) is 0 Å². The van der Waals surface area contributed by atoms with Crippen molar-refractivity contribution in [3.05, 3.63) is 29.8 Å². The molecule has 24 heavy (non-hydrogen) atoms. The quantitative estimate of drug-likeness (QED) is 0.828. The molecule has 8 heteroatoms. The molecule has 1 aromatic rings. The van der Waals surface area contributed by atoms with Crippen molar-refractivity contribution in [1.29, 1.82) is 0 Å². The lowest BCUT2D eigenvalue weighted by atomic mass is 9.99. The maximum Gasteiger partial charge on any atom is 0.246 e. The minimum atomic E-state index is -3.84. The number of anilines is 1. The number of piperidine rings is 1. The second-order valence-electron chi connectivity index (χ2n) is 6.34. The SMILES string of the molecule is CC1CCN(C(=O)C(C)N(c2ccc(F)c(F)c2)S(C)(=O)=O)CC1. The summed E-state index contributed by atoms with van der Waals surface area (Å²) in [4.78, 5) is 14.3. The smallest absolute Gasteiger partial charge is 0.246 e.